The van der Waals surface area contributed by atoms with Crippen molar-refractivity contribution >= 4 is 5.97 Å². The number of hydrogen-bond donors (Lipinski definition) is 12. The normalized spacial score (nSPS) is 40.3. The topological polar surface area (TPSA) is 415 Å². The molecule has 6 rings (SSSR count). The number of carbonyl (C=O) groups is 1. The summed E-state index contributed by atoms with van der Waals surface area (Å²) in [5.41, 5.74) is 0. The number of aliphatic hydroxyl groups is 12. The second kappa shape index (κ2) is 31.5. The maximum atomic E-state index is 10.5. The second-order valence-corrected chi connectivity index (χ2v) is 15.5. The highest BCUT2D eigenvalue weighted by Crippen LogP contribution is 2.34. The van der Waals surface area contributed by atoms with Crippen molar-refractivity contribution in [2.45, 2.75) is 177 Å². The van der Waals surface area contributed by atoms with Gasteiger partial charge in [0, 0.05) is 34.2 Å². The van der Waals surface area contributed by atoms with E-state index in [9.17, 15) is 40.5 Å². The first kappa shape index (κ1) is 63.6. The molecule has 25 heteroatoms. The Morgan fingerprint density at radius 3 is 1.86 bits per heavy atom. The van der Waals surface area contributed by atoms with Crippen molar-refractivity contribution in [1.82, 2.24) is 0 Å². The van der Waals surface area contributed by atoms with Crippen LogP contribution in [0.1, 0.15) is 60.8 Å². The van der Waals surface area contributed by atoms with Crippen molar-refractivity contribution in [2.75, 3.05) is 60.5 Å². The lowest BCUT2D eigenvalue weighted by molar-refractivity contribution is -0.396. The molecule has 25 nitrogen and oxygen atoms in total. The molecule has 6 aliphatic rings. The van der Waals surface area contributed by atoms with Gasteiger partial charge in [0.2, 0.25) is 0 Å². The van der Waals surface area contributed by atoms with Gasteiger partial charge in [0.1, 0.15) is 67.6 Å². The minimum Gasteiger partial charge on any atom is -0.463 e. The molecule has 0 aliphatic carbocycles. The summed E-state index contributed by atoms with van der Waals surface area (Å²) in [4.78, 5) is 10.5. The summed E-state index contributed by atoms with van der Waals surface area (Å²) in [6.07, 6.45) is -14.2. The Morgan fingerprint density at radius 1 is 0.714 bits per heavy atom. The summed E-state index contributed by atoms with van der Waals surface area (Å²) in [6, 6.07) is 0. The Kier molecular flexibility index (Phi) is 31.8. The van der Waals surface area contributed by atoms with Crippen molar-refractivity contribution in [2.24, 2.45) is 0 Å². The predicted molar refractivity (Wildman–Crippen MR) is 214 cm³/mol. The number of carbonyl (C=O) groups excluding carboxylic acids is 1. The first-order valence-corrected chi connectivity index (χ1v) is 19.9. The third kappa shape index (κ3) is 20.9. The fourth-order valence-corrected chi connectivity index (χ4v) is 6.41. The fourth-order valence-electron chi connectivity index (χ4n) is 6.41. The van der Waals surface area contributed by atoms with E-state index in [4.69, 9.17) is 63.4 Å². The number of hydrogen-bond acceptors (Lipinski definition) is 23. The molecule has 0 saturated carbocycles. The van der Waals surface area contributed by atoms with E-state index in [2.05, 4.69) is 9.47 Å². The summed E-state index contributed by atoms with van der Waals surface area (Å²) in [5, 5.41) is 113. The summed E-state index contributed by atoms with van der Waals surface area (Å²) >= 11 is 0. The van der Waals surface area contributed by atoms with Crippen LogP contribution in [0.3, 0.4) is 0 Å². The van der Waals surface area contributed by atoms with Crippen LogP contribution in [-0.2, 0) is 52.2 Å². The van der Waals surface area contributed by atoms with Crippen molar-refractivity contribution in [1.29, 1.82) is 0 Å². The Balaban J connectivity index is 0. The van der Waals surface area contributed by atoms with Gasteiger partial charge in [-0.05, 0) is 40.0 Å². The van der Waals surface area contributed by atoms with E-state index in [1.165, 1.54) is 13.8 Å². The van der Waals surface area contributed by atoms with Crippen LogP contribution in [0.25, 0.3) is 0 Å². The van der Waals surface area contributed by atoms with E-state index in [1.54, 1.807) is 28.1 Å². The summed E-state index contributed by atoms with van der Waals surface area (Å²) < 4.78 is 51.4. The van der Waals surface area contributed by atoms with Crippen LogP contribution in [0.15, 0.2) is 0 Å². The van der Waals surface area contributed by atoms with Gasteiger partial charge in [0.05, 0.1) is 69.7 Å². The van der Waals surface area contributed by atoms with Gasteiger partial charge < -0.3 is 120 Å². The lowest BCUT2D eigenvalue weighted by Crippen LogP contribution is -2.66. The predicted octanol–water partition coefficient (Wildman–Crippen LogP) is -6.25. The first-order chi connectivity index (χ1) is 28.2. The number of aliphatic hydroxyl groups excluding tert-OH is 12. The van der Waals surface area contributed by atoms with E-state index in [0.717, 1.165) is 12.8 Å². The molecule has 18 atom stereocenters. The molecule has 0 aromatic heterocycles. The number of ether oxygens (including phenoxy) is 10. The average Bonchev–Trinajstić information content (AvgIpc) is 3.20. The summed E-state index contributed by atoms with van der Waals surface area (Å²) in [5.74, 6) is -1.34. The van der Waals surface area contributed by atoms with E-state index < -0.39 is 104 Å². The SMILES string of the molecule is C.CC(=O)OCC1OCC[C@H](O)[C@@H]1O.CC1O[C@@H](O)C(O)[C@H](O)[C@@H]1O[C@@H]1OC2COC(C)(C)O[C@H]2[C@@H](O)C1O.COC.O.O.OCC1CCC(O)CO1.OCC1C[C@@H](O)C(O)CO1. The Bertz CT molecular complexity index is 1160. The van der Waals surface area contributed by atoms with E-state index >= 15 is 0 Å². The molecule has 0 bridgehead atoms. The minimum absolute atomic E-state index is 0. The molecule has 0 aromatic carbocycles. The largest absolute Gasteiger partial charge is 0.463 e. The highest BCUT2D eigenvalue weighted by molar-refractivity contribution is 5.65. The number of methoxy groups -OCH3 is 1. The van der Waals surface area contributed by atoms with Gasteiger partial charge in [-0.3, -0.25) is 4.79 Å². The zero-order valence-electron chi connectivity index (χ0n) is 36.0. The van der Waals surface area contributed by atoms with Gasteiger partial charge in [0.25, 0.3) is 0 Å². The maximum absolute atomic E-state index is 10.5. The van der Waals surface area contributed by atoms with Crippen LogP contribution in [0, 0.1) is 0 Å². The Morgan fingerprint density at radius 2 is 1.32 bits per heavy atom. The zero-order valence-corrected chi connectivity index (χ0v) is 36.0. The molecule has 0 aromatic rings. The number of fused-ring (bicyclic) bond motifs is 1. The Hall–Kier alpha value is -1.45. The molecule has 380 valence electrons. The van der Waals surface area contributed by atoms with Gasteiger partial charge in [-0.25, -0.2) is 0 Å². The van der Waals surface area contributed by atoms with Gasteiger partial charge in [-0.2, -0.15) is 0 Å². The highest BCUT2D eigenvalue weighted by atomic mass is 16.8. The smallest absolute Gasteiger partial charge is 0.302 e. The van der Waals surface area contributed by atoms with Crippen LogP contribution < -0.4 is 0 Å². The monoisotopic (exact) mass is 934 g/mol. The standard InChI is InChI=1S/C15H26O10.C8H14O5.C6H12O4.C6H12O3.C2H6O.CH4.2H2O/c1-5-11(7(16)9(18)13(20)22-5)24-14-10(19)8(17)12-6(23-14)4-21-15(2,3)25-12;1-5(9)13-4-7-8(11)6(10)2-3-12-7;7-2-4-1-5(8)6(9)3-10-4;7-3-6-2-1-5(8)4-9-6;1-3-2;;;/h5-14,16-20H,4H2,1-3H3;6-8,10-11H,2-4H2,1H3;4-9H,1-3H2;5-8H,1-4H2;1-2H3;1H4;2*1H2/t5?,6?,7-,8-,9?,10?,11+,12+,13+,14-;6-,7?,8-;4?,5-,6?;;;;;/m001...../s1. The van der Waals surface area contributed by atoms with E-state index in [0.29, 0.717) is 26.1 Å². The van der Waals surface area contributed by atoms with Crippen LogP contribution in [0.4, 0.5) is 0 Å². The number of rotatable bonds is 6. The lowest BCUT2D eigenvalue weighted by Gasteiger charge is -2.50. The van der Waals surface area contributed by atoms with Crippen molar-refractivity contribution in [3.63, 3.8) is 0 Å². The maximum Gasteiger partial charge on any atom is 0.302 e. The van der Waals surface area contributed by atoms with Gasteiger partial charge in [0.15, 0.2) is 18.4 Å². The average molecular weight is 935 g/mol. The van der Waals surface area contributed by atoms with Crippen LogP contribution in [0.5, 0.6) is 0 Å². The summed E-state index contributed by atoms with van der Waals surface area (Å²) in [6.45, 7) is 7.18. The molecule has 6 aliphatic heterocycles. The highest BCUT2D eigenvalue weighted by Gasteiger charge is 2.53. The van der Waals surface area contributed by atoms with Gasteiger partial charge in [-0.1, -0.05) is 7.43 Å². The van der Waals surface area contributed by atoms with Crippen LogP contribution in [0.2, 0.25) is 0 Å². The quantitative estimate of drug-likeness (QED) is 0.110. The molecule has 63 heavy (non-hydrogen) atoms. The van der Waals surface area contributed by atoms with Crippen molar-refractivity contribution in [3.8, 4) is 0 Å². The lowest BCUT2D eigenvalue weighted by atomic mass is 9.96. The molecule has 6 fully saturated rings. The molecule has 16 N–H and O–H groups in total. The molecule has 0 spiro atoms. The van der Waals surface area contributed by atoms with Crippen LogP contribution in [-0.4, -0.2) is 255 Å². The van der Waals surface area contributed by atoms with Crippen molar-refractivity contribution in [3.05, 3.63) is 0 Å². The third-order valence-corrected chi connectivity index (χ3v) is 9.92. The first-order valence-electron chi connectivity index (χ1n) is 19.9. The van der Waals surface area contributed by atoms with E-state index in [1.807, 2.05) is 0 Å². The molecule has 9 unspecified atom stereocenters. The molecule has 6 heterocycles. The summed E-state index contributed by atoms with van der Waals surface area (Å²) in [7, 11) is 3.25. The van der Waals surface area contributed by atoms with E-state index in [-0.39, 0.29) is 69.7 Å². The molecule has 0 amide bonds. The molecular weight excluding hydrogens is 856 g/mol. The molecule has 0 radical (unpaired) electrons. The molecule has 6 saturated heterocycles. The third-order valence-electron chi connectivity index (χ3n) is 9.92. The molecular formula is C38H78O25. The van der Waals surface area contributed by atoms with Crippen molar-refractivity contribution < 1.29 is 124 Å². The second-order valence-electron chi connectivity index (χ2n) is 15.5. The zero-order chi connectivity index (χ0) is 45.3. The van der Waals surface area contributed by atoms with Gasteiger partial charge in [-0.15, -0.1) is 0 Å². The minimum atomic E-state index is -1.57. The van der Waals surface area contributed by atoms with Crippen LogP contribution >= 0.6 is 0 Å². The number of esters is 1. The fraction of sp³-hybridized carbons (Fsp3) is 0.974. The Labute approximate surface area is 367 Å². The van der Waals surface area contributed by atoms with Gasteiger partial charge >= 0.3 is 5.97 Å².